The number of hydrogen-bond donors (Lipinski definition) is 1. The number of alkyl halides is 3. The molecule has 2 amide bonds. The molecule has 1 atom stereocenters. The second-order valence-corrected chi connectivity index (χ2v) is 11.2. The van der Waals surface area contributed by atoms with Crippen LogP contribution in [-0.4, -0.2) is 46.9 Å². The number of carbonyl (C=O) groups excluding carboxylic acids is 3. The average Bonchev–Trinajstić information content (AvgIpc) is 3.07. The zero-order valence-corrected chi connectivity index (χ0v) is 22.5. The van der Waals surface area contributed by atoms with E-state index in [-0.39, 0.29) is 36.8 Å². The lowest BCUT2D eigenvalue weighted by molar-refractivity contribution is -0.190. The fourth-order valence-corrected chi connectivity index (χ4v) is 5.35. The highest BCUT2D eigenvalue weighted by Gasteiger charge is 2.71. The Balaban J connectivity index is 1.70. The van der Waals surface area contributed by atoms with E-state index < -0.39 is 40.3 Å². The summed E-state index contributed by atoms with van der Waals surface area (Å²) < 4.78 is 50.5. The van der Waals surface area contributed by atoms with Crippen LogP contribution in [0.1, 0.15) is 62.9 Å². The number of nitrogens with zero attached hydrogens (tertiary/aromatic N) is 1. The minimum atomic E-state index is -5.24. The first-order chi connectivity index (χ1) is 18.2. The van der Waals surface area contributed by atoms with E-state index in [1.165, 1.54) is 24.3 Å². The van der Waals surface area contributed by atoms with Gasteiger partial charge < -0.3 is 15.0 Å². The molecule has 6 nitrogen and oxygen atoms in total. The molecular weight excluding hydrogens is 509 g/mol. The molecule has 208 valence electrons. The number of ketones is 1. The smallest absolute Gasteiger partial charge is 0.425 e. The van der Waals surface area contributed by atoms with Gasteiger partial charge in [-0.15, -0.1) is 0 Å². The number of rotatable bonds is 8. The number of Topliss-reactive ketones (excluding diaryl/α,β-unsaturated/α-hetero) is 1. The van der Waals surface area contributed by atoms with E-state index in [0.29, 0.717) is 18.6 Å². The Morgan fingerprint density at radius 1 is 1.03 bits per heavy atom. The highest BCUT2D eigenvalue weighted by molar-refractivity contribution is 6.14. The second kappa shape index (κ2) is 10.5. The number of halogens is 3. The maximum atomic E-state index is 15.0. The summed E-state index contributed by atoms with van der Waals surface area (Å²) in [5.74, 6) is -2.78. The summed E-state index contributed by atoms with van der Waals surface area (Å²) in [4.78, 5) is 41.3. The zero-order chi connectivity index (χ0) is 28.6. The highest BCUT2D eigenvalue weighted by atomic mass is 19.4. The molecule has 2 aromatic rings. The molecule has 0 fully saturated rings. The van der Waals surface area contributed by atoms with E-state index >= 15 is 0 Å². The van der Waals surface area contributed by atoms with Gasteiger partial charge in [0.2, 0.25) is 5.54 Å². The van der Waals surface area contributed by atoms with Crippen molar-refractivity contribution in [1.82, 2.24) is 10.2 Å². The normalized spacial score (nSPS) is 20.9. The minimum Gasteiger partial charge on any atom is -0.491 e. The van der Waals surface area contributed by atoms with Gasteiger partial charge in [0.25, 0.3) is 11.8 Å². The van der Waals surface area contributed by atoms with Crippen LogP contribution in [0.15, 0.2) is 65.9 Å². The van der Waals surface area contributed by atoms with Crippen LogP contribution in [-0.2, 0) is 16.0 Å². The van der Waals surface area contributed by atoms with E-state index in [2.05, 4.69) is 0 Å². The standard InChI is InChI=1S/C30H33F3N2O4/c1-19(2)39-22-14-12-21(13-15-22)26(37)34-29(30(31,32)33)25-23(17-28(3,4)18-24(25)36)35(27(29)38)16-8-11-20-9-6-5-7-10-20/h5-7,9-10,12-15,19H,8,11,16-18H2,1-4H3,(H,34,37). The molecule has 0 bridgehead atoms. The van der Waals surface area contributed by atoms with Crippen molar-refractivity contribution in [2.75, 3.05) is 6.54 Å². The number of allylic oxidation sites excluding steroid dienone is 1. The first-order valence-corrected chi connectivity index (χ1v) is 13.0. The van der Waals surface area contributed by atoms with E-state index in [9.17, 15) is 27.6 Å². The third kappa shape index (κ3) is 5.58. The molecule has 0 saturated heterocycles. The van der Waals surface area contributed by atoms with Crippen LogP contribution in [0.25, 0.3) is 0 Å². The maximum absolute atomic E-state index is 15.0. The van der Waals surface area contributed by atoms with E-state index in [0.717, 1.165) is 10.5 Å². The predicted molar refractivity (Wildman–Crippen MR) is 140 cm³/mol. The van der Waals surface area contributed by atoms with Gasteiger partial charge in [-0.1, -0.05) is 44.2 Å². The van der Waals surface area contributed by atoms with Crippen molar-refractivity contribution >= 4 is 17.6 Å². The zero-order valence-electron chi connectivity index (χ0n) is 22.5. The Labute approximate surface area is 226 Å². The van der Waals surface area contributed by atoms with Gasteiger partial charge in [-0.25, -0.2) is 0 Å². The molecule has 1 aliphatic heterocycles. The minimum absolute atomic E-state index is 0.00907. The van der Waals surface area contributed by atoms with Crippen LogP contribution < -0.4 is 10.1 Å². The van der Waals surface area contributed by atoms with Gasteiger partial charge in [-0.2, -0.15) is 13.2 Å². The van der Waals surface area contributed by atoms with Crippen molar-refractivity contribution in [3.63, 3.8) is 0 Å². The fraction of sp³-hybridized carbons (Fsp3) is 0.433. The summed E-state index contributed by atoms with van der Waals surface area (Å²) >= 11 is 0. The average molecular weight is 543 g/mol. The molecule has 1 heterocycles. The summed E-state index contributed by atoms with van der Waals surface area (Å²) in [5, 5.41) is 1.98. The first-order valence-electron chi connectivity index (χ1n) is 13.0. The van der Waals surface area contributed by atoms with Crippen LogP contribution in [0.5, 0.6) is 5.75 Å². The molecule has 0 saturated carbocycles. The van der Waals surface area contributed by atoms with Crippen molar-refractivity contribution in [2.45, 2.75) is 71.2 Å². The Kier molecular flexibility index (Phi) is 7.65. The number of amides is 2. The molecule has 1 unspecified atom stereocenters. The molecule has 1 aliphatic carbocycles. The van der Waals surface area contributed by atoms with Crippen LogP contribution in [0.2, 0.25) is 0 Å². The molecule has 1 N–H and O–H groups in total. The van der Waals surface area contributed by atoms with Crippen LogP contribution >= 0.6 is 0 Å². The van der Waals surface area contributed by atoms with Crippen molar-refractivity contribution in [2.24, 2.45) is 5.41 Å². The Morgan fingerprint density at radius 3 is 2.26 bits per heavy atom. The molecule has 4 rings (SSSR count). The Morgan fingerprint density at radius 2 is 1.67 bits per heavy atom. The number of nitrogens with one attached hydrogen (secondary N) is 1. The predicted octanol–water partition coefficient (Wildman–Crippen LogP) is 5.62. The quantitative estimate of drug-likeness (QED) is 0.470. The number of benzene rings is 2. The van der Waals surface area contributed by atoms with Gasteiger partial charge in [-0.05, 0) is 68.4 Å². The van der Waals surface area contributed by atoms with Gasteiger partial charge in [0.05, 0.1) is 11.7 Å². The topological polar surface area (TPSA) is 75.7 Å². The summed E-state index contributed by atoms with van der Waals surface area (Å²) in [6, 6.07) is 15.0. The lowest BCUT2D eigenvalue weighted by Crippen LogP contribution is -2.66. The van der Waals surface area contributed by atoms with Gasteiger partial charge >= 0.3 is 6.18 Å². The number of hydrogen-bond acceptors (Lipinski definition) is 4. The summed E-state index contributed by atoms with van der Waals surface area (Å²) in [5.41, 5.74) is -3.80. The van der Waals surface area contributed by atoms with E-state index in [4.69, 9.17) is 4.74 Å². The molecule has 2 aliphatic rings. The van der Waals surface area contributed by atoms with Crippen LogP contribution in [0.3, 0.4) is 0 Å². The van der Waals surface area contributed by atoms with Gasteiger partial charge in [0.1, 0.15) is 5.75 Å². The van der Waals surface area contributed by atoms with Crippen molar-refractivity contribution in [3.8, 4) is 5.75 Å². The first kappa shape index (κ1) is 28.4. The fourth-order valence-electron chi connectivity index (χ4n) is 5.35. The number of carbonyl (C=O) groups is 3. The van der Waals surface area contributed by atoms with E-state index in [1.807, 2.05) is 49.5 Å². The van der Waals surface area contributed by atoms with Gasteiger partial charge in [0, 0.05) is 24.2 Å². The molecule has 39 heavy (non-hydrogen) atoms. The summed E-state index contributed by atoms with van der Waals surface area (Å²) in [6.45, 7) is 7.20. The number of aryl methyl sites for hydroxylation is 1. The third-order valence-corrected chi connectivity index (χ3v) is 7.02. The summed E-state index contributed by atoms with van der Waals surface area (Å²) in [6.07, 6.45) is -4.49. The Hall–Kier alpha value is -3.62. The van der Waals surface area contributed by atoms with Crippen molar-refractivity contribution < 1.29 is 32.3 Å². The molecule has 0 spiro atoms. The SMILES string of the molecule is CC(C)Oc1ccc(C(=O)NC2(C(F)(F)F)C(=O)N(CCCc3ccccc3)C3=C2C(=O)CC(C)(C)C3)cc1. The highest BCUT2D eigenvalue weighted by Crippen LogP contribution is 2.51. The molecule has 2 aromatic carbocycles. The van der Waals surface area contributed by atoms with Crippen molar-refractivity contribution in [1.29, 1.82) is 0 Å². The van der Waals surface area contributed by atoms with Gasteiger partial charge in [0.15, 0.2) is 5.78 Å². The molecular formula is C30H33F3N2O4. The Bertz CT molecular complexity index is 1280. The lowest BCUT2D eigenvalue weighted by atomic mass is 9.72. The van der Waals surface area contributed by atoms with E-state index in [1.54, 1.807) is 13.8 Å². The monoisotopic (exact) mass is 542 g/mol. The van der Waals surface area contributed by atoms with Crippen LogP contribution in [0, 0.1) is 5.41 Å². The largest absolute Gasteiger partial charge is 0.491 e. The molecule has 0 radical (unpaired) electrons. The number of ether oxygens (including phenoxy) is 1. The summed E-state index contributed by atoms with van der Waals surface area (Å²) in [7, 11) is 0. The second-order valence-electron chi connectivity index (χ2n) is 11.2. The van der Waals surface area contributed by atoms with Crippen LogP contribution in [0.4, 0.5) is 13.2 Å². The third-order valence-electron chi connectivity index (χ3n) is 7.02. The molecule has 0 aromatic heterocycles. The van der Waals surface area contributed by atoms with Crippen molar-refractivity contribution in [3.05, 3.63) is 77.0 Å². The van der Waals surface area contributed by atoms with Gasteiger partial charge in [-0.3, -0.25) is 14.4 Å². The maximum Gasteiger partial charge on any atom is 0.425 e. The molecule has 9 heteroatoms. The lowest BCUT2D eigenvalue weighted by Gasteiger charge is -2.35.